The van der Waals surface area contributed by atoms with Gasteiger partial charge in [0, 0.05) is 25.9 Å². The topological polar surface area (TPSA) is 55.6 Å². The summed E-state index contributed by atoms with van der Waals surface area (Å²) in [7, 11) is 0. The van der Waals surface area contributed by atoms with E-state index >= 15 is 0 Å². The van der Waals surface area contributed by atoms with Crippen molar-refractivity contribution < 1.29 is 13.9 Å². The summed E-state index contributed by atoms with van der Waals surface area (Å²) in [5.41, 5.74) is 5.94. The summed E-state index contributed by atoms with van der Waals surface area (Å²) >= 11 is 1.70. The Morgan fingerprint density at radius 1 is 1.39 bits per heavy atom. The Kier molecular flexibility index (Phi) is 8.73. The Morgan fingerprint density at radius 2 is 2.00 bits per heavy atom. The predicted octanol–water partition coefficient (Wildman–Crippen LogP) is 2.70. The molecule has 130 valence electrons. The molecule has 0 radical (unpaired) electrons. The predicted molar refractivity (Wildman–Crippen MR) is 94.9 cm³/mol. The molecule has 0 saturated carbocycles. The number of carbonyl (C=O) groups is 1. The first kappa shape index (κ1) is 20.1. The molecule has 0 aromatic heterocycles. The van der Waals surface area contributed by atoms with Gasteiger partial charge in [-0.25, -0.2) is 4.39 Å². The van der Waals surface area contributed by atoms with E-state index in [1.165, 1.54) is 12.1 Å². The highest BCUT2D eigenvalue weighted by molar-refractivity contribution is 7.98. The molecule has 1 amide bonds. The van der Waals surface area contributed by atoms with Crippen molar-refractivity contribution >= 4 is 30.1 Å². The number of likely N-dealkylation sites (tertiary alicyclic amines) is 1. The van der Waals surface area contributed by atoms with Gasteiger partial charge in [0.15, 0.2) is 0 Å². The van der Waals surface area contributed by atoms with Crippen LogP contribution in [0.3, 0.4) is 0 Å². The SMILES string of the molecule is CSCCC(N)C(=O)N1CCC(Oc2ccc(F)cc2)CC1.Cl. The summed E-state index contributed by atoms with van der Waals surface area (Å²) in [6.45, 7) is 1.33. The number of amides is 1. The highest BCUT2D eigenvalue weighted by atomic mass is 35.5. The number of halogens is 2. The molecule has 0 aliphatic carbocycles. The normalized spacial score (nSPS) is 16.6. The van der Waals surface area contributed by atoms with E-state index in [0.29, 0.717) is 25.3 Å². The lowest BCUT2D eigenvalue weighted by molar-refractivity contribution is -0.134. The zero-order chi connectivity index (χ0) is 15.9. The van der Waals surface area contributed by atoms with Crippen LogP contribution in [0.2, 0.25) is 0 Å². The Morgan fingerprint density at radius 3 is 2.57 bits per heavy atom. The molecule has 0 bridgehead atoms. The lowest BCUT2D eigenvalue weighted by atomic mass is 10.1. The van der Waals surface area contributed by atoms with Crippen LogP contribution in [0, 0.1) is 5.82 Å². The van der Waals surface area contributed by atoms with Crippen LogP contribution in [0.1, 0.15) is 19.3 Å². The van der Waals surface area contributed by atoms with E-state index in [4.69, 9.17) is 10.5 Å². The minimum atomic E-state index is -0.401. The number of nitrogens with zero attached hydrogens (tertiary/aromatic N) is 1. The lowest BCUT2D eigenvalue weighted by Crippen LogP contribution is -2.48. The summed E-state index contributed by atoms with van der Waals surface area (Å²) in [6, 6.07) is 5.63. The number of piperidine rings is 1. The molecule has 1 atom stereocenters. The zero-order valence-corrected chi connectivity index (χ0v) is 14.9. The van der Waals surface area contributed by atoms with Gasteiger partial charge in [0.25, 0.3) is 0 Å². The lowest BCUT2D eigenvalue weighted by Gasteiger charge is -2.33. The average Bonchev–Trinajstić information content (AvgIpc) is 2.55. The molecule has 0 spiro atoms. The van der Waals surface area contributed by atoms with Crippen LogP contribution in [-0.4, -0.2) is 48.1 Å². The number of rotatable bonds is 6. The molecule has 23 heavy (non-hydrogen) atoms. The minimum Gasteiger partial charge on any atom is -0.490 e. The number of benzene rings is 1. The van der Waals surface area contributed by atoms with E-state index in [1.54, 1.807) is 23.9 Å². The smallest absolute Gasteiger partial charge is 0.239 e. The molecule has 1 aromatic carbocycles. The van der Waals surface area contributed by atoms with Crippen LogP contribution >= 0.6 is 24.2 Å². The van der Waals surface area contributed by atoms with Gasteiger partial charge in [-0.1, -0.05) is 0 Å². The number of thioether (sulfide) groups is 1. The van der Waals surface area contributed by atoms with Crippen molar-refractivity contribution in [3.63, 3.8) is 0 Å². The van der Waals surface area contributed by atoms with E-state index in [2.05, 4.69) is 0 Å². The molecule has 4 nitrogen and oxygen atoms in total. The third-order valence-electron chi connectivity index (χ3n) is 3.82. The van der Waals surface area contributed by atoms with Crippen molar-refractivity contribution in [1.29, 1.82) is 0 Å². The second-order valence-electron chi connectivity index (χ2n) is 5.48. The standard InChI is InChI=1S/C16H23FN2O2S.ClH/c1-22-11-8-15(18)16(20)19-9-6-14(7-10-19)21-13-4-2-12(17)3-5-13;/h2-5,14-15H,6-11,18H2,1H3;1H. The first-order valence-electron chi connectivity index (χ1n) is 7.55. The average molecular weight is 363 g/mol. The highest BCUT2D eigenvalue weighted by Crippen LogP contribution is 2.20. The maximum absolute atomic E-state index is 12.9. The van der Waals surface area contributed by atoms with Gasteiger partial charge in [-0.05, 0) is 42.7 Å². The van der Waals surface area contributed by atoms with Crippen molar-refractivity contribution in [2.75, 3.05) is 25.1 Å². The fourth-order valence-corrected chi connectivity index (χ4v) is 2.99. The summed E-state index contributed by atoms with van der Waals surface area (Å²) in [4.78, 5) is 14.0. The zero-order valence-electron chi connectivity index (χ0n) is 13.2. The molecular weight excluding hydrogens is 339 g/mol. The fourth-order valence-electron chi connectivity index (χ4n) is 2.50. The van der Waals surface area contributed by atoms with Crippen molar-refractivity contribution in [1.82, 2.24) is 4.90 Å². The Balaban J connectivity index is 0.00000264. The first-order chi connectivity index (χ1) is 10.6. The molecule has 1 aliphatic heterocycles. The van der Waals surface area contributed by atoms with Gasteiger partial charge in [0.05, 0.1) is 6.04 Å². The van der Waals surface area contributed by atoms with E-state index in [-0.39, 0.29) is 30.2 Å². The van der Waals surface area contributed by atoms with Crippen LogP contribution in [-0.2, 0) is 4.79 Å². The van der Waals surface area contributed by atoms with Crippen LogP contribution in [0.5, 0.6) is 5.75 Å². The third-order valence-corrected chi connectivity index (χ3v) is 4.46. The first-order valence-corrected chi connectivity index (χ1v) is 8.95. The Hall–Kier alpha value is -0.980. The largest absolute Gasteiger partial charge is 0.490 e. The van der Waals surface area contributed by atoms with Crippen LogP contribution < -0.4 is 10.5 Å². The highest BCUT2D eigenvalue weighted by Gasteiger charge is 2.26. The van der Waals surface area contributed by atoms with Crippen molar-refractivity contribution in [2.24, 2.45) is 5.73 Å². The van der Waals surface area contributed by atoms with Gasteiger partial charge in [-0.15, -0.1) is 12.4 Å². The van der Waals surface area contributed by atoms with Gasteiger partial charge in [-0.3, -0.25) is 4.79 Å². The minimum absolute atomic E-state index is 0. The van der Waals surface area contributed by atoms with Crippen LogP contribution in [0.4, 0.5) is 4.39 Å². The fraction of sp³-hybridized carbons (Fsp3) is 0.562. The van der Waals surface area contributed by atoms with E-state index in [1.807, 2.05) is 11.2 Å². The van der Waals surface area contributed by atoms with Crippen LogP contribution in [0.25, 0.3) is 0 Å². The molecule has 1 aromatic rings. The Labute approximate surface area is 147 Å². The van der Waals surface area contributed by atoms with E-state index in [0.717, 1.165) is 18.6 Å². The second-order valence-corrected chi connectivity index (χ2v) is 6.47. The molecule has 1 unspecified atom stereocenters. The van der Waals surface area contributed by atoms with Crippen molar-refractivity contribution in [3.8, 4) is 5.75 Å². The molecule has 1 aliphatic rings. The van der Waals surface area contributed by atoms with Gasteiger partial charge >= 0.3 is 0 Å². The van der Waals surface area contributed by atoms with Gasteiger partial charge < -0.3 is 15.4 Å². The number of hydrogen-bond donors (Lipinski definition) is 1. The maximum atomic E-state index is 12.9. The second kappa shape index (κ2) is 10.0. The molecule has 1 fully saturated rings. The number of nitrogens with two attached hydrogens (primary N) is 1. The van der Waals surface area contributed by atoms with Gasteiger partial charge in [-0.2, -0.15) is 11.8 Å². The summed E-state index contributed by atoms with van der Waals surface area (Å²) in [5, 5.41) is 0. The van der Waals surface area contributed by atoms with Crippen LogP contribution in [0.15, 0.2) is 24.3 Å². The third kappa shape index (κ3) is 6.20. The Bertz CT molecular complexity index is 481. The number of hydrogen-bond acceptors (Lipinski definition) is 4. The maximum Gasteiger partial charge on any atom is 0.239 e. The quantitative estimate of drug-likeness (QED) is 0.845. The van der Waals surface area contributed by atoms with E-state index in [9.17, 15) is 9.18 Å². The molecular formula is C16H24ClFN2O2S. The van der Waals surface area contributed by atoms with E-state index < -0.39 is 6.04 Å². The summed E-state index contributed by atoms with van der Waals surface area (Å²) in [5.74, 6) is 1.33. The molecule has 7 heteroatoms. The number of carbonyl (C=O) groups excluding carboxylic acids is 1. The van der Waals surface area contributed by atoms with Crippen molar-refractivity contribution in [3.05, 3.63) is 30.1 Å². The monoisotopic (exact) mass is 362 g/mol. The van der Waals surface area contributed by atoms with Crippen molar-refractivity contribution in [2.45, 2.75) is 31.4 Å². The van der Waals surface area contributed by atoms with Gasteiger partial charge in [0.1, 0.15) is 17.7 Å². The molecule has 1 heterocycles. The number of ether oxygens (including phenoxy) is 1. The summed E-state index contributed by atoms with van der Waals surface area (Å²) in [6.07, 6.45) is 4.34. The molecule has 2 rings (SSSR count). The molecule has 1 saturated heterocycles. The molecule has 2 N–H and O–H groups in total. The summed E-state index contributed by atoms with van der Waals surface area (Å²) < 4.78 is 18.7. The van der Waals surface area contributed by atoms with Gasteiger partial charge in [0.2, 0.25) is 5.91 Å².